The second-order valence-corrected chi connectivity index (χ2v) is 7.28. The predicted molar refractivity (Wildman–Crippen MR) is 74.4 cm³/mol. The third-order valence-electron chi connectivity index (χ3n) is 4.44. The van der Waals surface area contributed by atoms with Gasteiger partial charge >= 0.3 is 0 Å². The molecule has 2 rings (SSSR count). The van der Waals surface area contributed by atoms with Gasteiger partial charge in [0.05, 0.1) is 0 Å². The van der Waals surface area contributed by atoms with Gasteiger partial charge in [0, 0.05) is 37.6 Å². The summed E-state index contributed by atoms with van der Waals surface area (Å²) in [7, 11) is 0. The van der Waals surface area contributed by atoms with Crippen molar-refractivity contribution in [2.45, 2.75) is 72.0 Å². The zero-order valence-corrected chi connectivity index (χ0v) is 12.6. The minimum atomic E-state index is 0.106. The second kappa shape index (κ2) is 4.84. The van der Waals surface area contributed by atoms with Gasteiger partial charge in [-0.25, -0.2) is 0 Å². The van der Waals surface area contributed by atoms with Crippen LogP contribution in [0.4, 0.5) is 0 Å². The fourth-order valence-electron chi connectivity index (χ4n) is 3.33. The summed E-state index contributed by atoms with van der Waals surface area (Å²) in [5.41, 5.74) is 0.106. The zero-order valence-electron chi connectivity index (χ0n) is 12.6. The first-order chi connectivity index (χ1) is 8.31. The van der Waals surface area contributed by atoms with Crippen LogP contribution in [-0.4, -0.2) is 46.9 Å². The van der Waals surface area contributed by atoms with Crippen molar-refractivity contribution in [2.75, 3.05) is 13.1 Å². The van der Waals surface area contributed by atoms with Crippen LogP contribution in [0.25, 0.3) is 0 Å². The van der Waals surface area contributed by atoms with E-state index >= 15 is 0 Å². The Morgan fingerprint density at radius 3 is 2.39 bits per heavy atom. The van der Waals surface area contributed by atoms with Crippen molar-refractivity contribution in [3.8, 4) is 0 Å². The Hall–Kier alpha value is -0.570. The van der Waals surface area contributed by atoms with Crippen LogP contribution in [0.2, 0.25) is 0 Å². The highest BCUT2D eigenvalue weighted by Gasteiger charge is 2.46. The fraction of sp³-hybridized carbons (Fsp3) is 0.933. The van der Waals surface area contributed by atoms with E-state index in [4.69, 9.17) is 0 Å². The molecular weight excluding hydrogens is 224 g/mol. The molecule has 3 unspecified atom stereocenters. The van der Waals surface area contributed by atoms with Gasteiger partial charge in [-0.3, -0.25) is 9.69 Å². The summed E-state index contributed by atoms with van der Waals surface area (Å²) in [5, 5.41) is 0. The molecule has 104 valence electrons. The molecule has 0 aromatic rings. The molecule has 18 heavy (non-hydrogen) atoms. The maximum absolute atomic E-state index is 12.3. The molecule has 2 aliphatic rings. The molecule has 0 aromatic heterocycles. The van der Waals surface area contributed by atoms with Crippen molar-refractivity contribution in [2.24, 2.45) is 5.41 Å². The van der Waals surface area contributed by atoms with E-state index in [0.717, 1.165) is 13.1 Å². The predicted octanol–water partition coefficient (Wildman–Crippen LogP) is 2.51. The number of carbonyl (C=O) groups is 1. The molecule has 2 aliphatic heterocycles. The minimum Gasteiger partial charge on any atom is -0.337 e. The van der Waals surface area contributed by atoms with Crippen molar-refractivity contribution in [3.63, 3.8) is 0 Å². The molecule has 3 heteroatoms. The Morgan fingerprint density at radius 1 is 1.28 bits per heavy atom. The van der Waals surface area contributed by atoms with Crippen molar-refractivity contribution in [3.05, 3.63) is 0 Å². The van der Waals surface area contributed by atoms with E-state index < -0.39 is 0 Å². The lowest BCUT2D eigenvalue weighted by Gasteiger charge is -2.38. The van der Waals surface area contributed by atoms with E-state index in [-0.39, 0.29) is 5.41 Å². The van der Waals surface area contributed by atoms with Gasteiger partial charge in [0.1, 0.15) is 0 Å². The third kappa shape index (κ3) is 2.71. The lowest BCUT2D eigenvalue weighted by Crippen LogP contribution is -2.51. The number of hydrogen-bond donors (Lipinski definition) is 0. The van der Waals surface area contributed by atoms with Crippen molar-refractivity contribution >= 4 is 5.91 Å². The van der Waals surface area contributed by atoms with E-state index in [1.807, 2.05) is 0 Å². The SMILES string of the molecule is CCC(C)N1CC2CC1CN2C(=O)CC(C)(C)C. The Kier molecular flexibility index (Phi) is 3.72. The van der Waals surface area contributed by atoms with Gasteiger partial charge < -0.3 is 4.90 Å². The molecule has 0 N–H and O–H groups in total. The standard InChI is InChI=1S/C15H28N2O/c1-6-11(2)16-9-13-7-12(16)10-17(13)14(18)8-15(3,4)5/h11-13H,6-10H2,1-5H3. The van der Waals surface area contributed by atoms with Gasteiger partial charge in [-0.1, -0.05) is 27.7 Å². The van der Waals surface area contributed by atoms with Crippen LogP contribution in [0.5, 0.6) is 0 Å². The minimum absolute atomic E-state index is 0.106. The van der Waals surface area contributed by atoms with Crippen molar-refractivity contribution in [1.29, 1.82) is 0 Å². The molecule has 3 nitrogen and oxygen atoms in total. The van der Waals surface area contributed by atoms with Crippen LogP contribution >= 0.6 is 0 Å². The summed E-state index contributed by atoms with van der Waals surface area (Å²) >= 11 is 0. The number of amides is 1. The lowest BCUT2D eigenvalue weighted by molar-refractivity contribution is -0.135. The summed E-state index contributed by atoms with van der Waals surface area (Å²) in [6.07, 6.45) is 3.08. The number of carbonyl (C=O) groups excluding carboxylic acids is 1. The van der Waals surface area contributed by atoms with E-state index in [9.17, 15) is 4.79 Å². The van der Waals surface area contributed by atoms with Gasteiger partial charge in [0.25, 0.3) is 0 Å². The molecule has 0 radical (unpaired) electrons. The highest BCUT2D eigenvalue weighted by molar-refractivity contribution is 5.77. The maximum Gasteiger partial charge on any atom is 0.223 e. The summed E-state index contributed by atoms with van der Waals surface area (Å²) in [4.78, 5) is 17.1. The van der Waals surface area contributed by atoms with Gasteiger partial charge in [-0.15, -0.1) is 0 Å². The second-order valence-electron chi connectivity index (χ2n) is 7.28. The van der Waals surface area contributed by atoms with Gasteiger partial charge in [-0.2, -0.15) is 0 Å². The molecule has 3 atom stereocenters. The molecule has 2 bridgehead atoms. The Bertz CT molecular complexity index is 321. The molecule has 1 amide bonds. The molecule has 2 saturated heterocycles. The maximum atomic E-state index is 12.3. The van der Waals surface area contributed by atoms with Crippen LogP contribution in [0.15, 0.2) is 0 Å². The van der Waals surface area contributed by atoms with E-state index in [0.29, 0.717) is 30.5 Å². The Balaban J connectivity index is 1.93. The van der Waals surface area contributed by atoms with Crippen LogP contribution in [0.1, 0.15) is 53.9 Å². The molecule has 0 aliphatic carbocycles. The average Bonchev–Trinajstić information content (AvgIpc) is 2.84. The van der Waals surface area contributed by atoms with E-state index in [2.05, 4.69) is 44.4 Å². The fourth-order valence-corrected chi connectivity index (χ4v) is 3.33. The summed E-state index contributed by atoms with van der Waals surface area (Å²) in [6, 6.07) is 1.77. The smallest absolute Gasteiger partial charge is 0.223 e. The third-order valence-corrected chi connectivity index (χ3v) is 4.44. The number of likely N-dealkylation sites (tertiary alicyclic amines) is 2. The first kappa shape index (κ1) is 13.9. The average molecular weight is 252 g/mol. The molecule has 0 saturated carbocycles. The number of fused-ring (bicyclic) bond motifs is 2. The van der Waals surface area contributed by atoms with Crippen LogP contribution in [-0.2, 0) is 4.79 Å². The zero-order chi connectivity index (χ0) is 13.5. The lowest BCUT2D eigenvalue weighted by atomic mass is 9.91. The van der Waals surface area contributed by atoms with Crippen LogP contribution in [0, 0.1) is 5.41 Å². The number of rotatable bonds is 3. The molecule has 0 aromatic carbocycles. The van der Waals surface area contributed by atoms with E-state index in [1.165, 1.54) is 12.8 Å². The molecular formula is C15H28N2O. The van der Waals surface area contributed by atoms with Crippen molar-refractivity contribution in [1.82, 2.24) is 9.80 Å². The van der Waals surface area contributed by atoms with E-state index in [1.54, 1.807) is 0 Å². The van der Waals surface area contributed by atoms with Gasteiger partial charge in [-0.05, 0) is 25.2 Å². The Labute approximate surface area is 112 Å². The van der Waals surface area contributed by atoms with Crippen LogP contribution in [0.3, 0.4) is 0 Å². The molecule has 0 spiro atoms. The largest absolute Gasteiger partial charge is 0.337 e. The number of piperazine rings is 1. The highest BCUT2D eigenvalue weighted by Crippen LogP contribution is 2.34. The summed E-state index contributed by atoms with van der Waals surface area (Å²) < 4.78 is 0. The Morgan fingerprint density at radius 2 is 1.94 bits per heavy atom. The quantitative estimate of drug-likeness (QED) is 0.770. The topological polar surface area (TPSA) is 23.6 Å². The normalized spacial score (nSPS) is 29.9. The van der Waals surface area contributed by atoms with Crippen LogP contribution < -0.4 is 0 Å². The molecule has 2 heterocycles. The summed E-state index contributed by atoms with van der Waals surface area (Å²) in [5.74, 6) is 0.360. The number of hydrogen-bond acceptors (Lipinski definition) is 2. The number of nitrogens with zero attached hydrogens (tertiary/aromatic N) is 2. The van der Waals surface area contributed by atoms with Gasteiger partial charge in [0.2, 0.25) is 5.91 Å². The highest BCUT2D eigenvalue weighted by atomic mass is 16.2. The first-order valence-corrected chi connectivity index (χ1v) is 7.37. The summed E-state index contributed by atoms with van der Waals surface area (Å²) in [6.45, 7) is 13.0. The van der Waals surface area contributed by atoms with Crippen molar-refractivity contribution < 1.29 is 4.79 Å². The van der Waals surface area contributed by atoms with Gasteiger partial charge in [0.15, 0.2) is 0 Å². The monoisotopic (exact) mass is 252 g/mol. The molecule has 2 fully saturated rings. The first-order valence-electron chi connectivity index (χ1n) is 7.37.